The van der Waals surface area contributed by atoms with Gasteiger partial charge in [0.1, 0.15) is 5.82 Å². The Morgan fingerprint density at radius 2 is 1.62 bits per heavy atom. The van der Waals surface area contributed by atoms with Gasteiger partial charge >= 0.3 is 6.18 Å². The van der Waals surface area contributed by atoms with E-state index in [1.54, 1.807) is 18.5 Å². The molecule has 2 aromatic heterocycles. The molecule has 0 bridgehead atoms. The summed E-state index contributed by atoms with van der Waals surface area (Å²) in [6.07, 6.45) is 1.64. The van der Waals surface area contributed by atoms with Crippen molar-refractivity contribution in [3.63, 3.8) is 0 Å². The van der Waals surface area contributed by atoms with E-state index in [1.807, 2.05) is 6.92 Å². The molecule has 0 fully saturated rings. The maximum atomic E-state index is 12.9. The lowest BCUT2D eigenvalue weighted by Gasteiger charge is -2.13. The number of halogens is 4. The normalized spacial score (nSPS) is 12.7. The zero-order valence-electron chi connectivity index (χ0n) is 13.5. The van der Waals surface area contributed by atoms with E-state index in [-0.39, 0.29) is 11.1 Å². The Morgan fingerprint density at radius 1 is 0.962 bits per heavy atom. The average Bonchev–Trinajstić information content (AvgIpc) is 2.61. The number of nitrogens with one attached hydrogen (secondary N) is 1. The third-order valence-corrected chi connectivity index (χ3v) is 3.75. The number of alkyl halides is 3. The van der Waals surface area contributed by atoms with Crippen LogP contribution in [0.4, 0.5) is 19.1 Å². The summed E-state index contributed by atoms with van der Waals surface area (Å²) in [5.41, 5.74) is -0.0892. The smallest absolute Gasteiger partial charge is 0.344 e. The van der Waals surface area contributed by atoms with Gasteiger partial charge in [0.2, 0.25) is 5.95 Å². The first-order chi connectivity index (χ1) is 12.3. The first-order valence-electron chi connectivity index (χ1n) is 7.56. The second kappa shape index (κ2) is 7.25. The summed E-state index contributed by atoms with van der Waals surface area (Å²) in [6, 6.07) is 4.75. The molecule has 2 heterocycles. The van der Waals surface area contributed by atoms with Crippen molar-refractivity contribution in [2.45, 2.75) is 19.1 Å². The van der Waals surface area contributed by atoms with Crippen molar-refractivity contribution in [1.82, 2.24) is 19.9 Å². The number of aromatic nitrogens is 4. The van der Waals surface area contributed by atoms with Crippen LogP contribution in [0.3, 0.4) is 0 Å². The molecule has 0 radical (unpaired) electrons. The fourth-order valence-corrected chi connectivity index (χ4v) is 2.50. The number of benzene rings is 1. The van der Waals surface area contributed by atoms with Gasteiger partial charge in [0.25, 0.3) is 0 Å². The zero-order valence-corrected chi connectivity index (χ0v) is 14.3. The van der Waals surface area contributed by atoms with Crippen molar-refractivity contribution in [3.8, 4) is 11.1 Å². The zero-order chi connectivity index (χ0) is 18.7. The maximum absolute atomic E-state index is 12.9. The summed E-state index contributed by atoms with van der Waals surface area (Å²) in [6.45, 7) is 1.83. The summed E-state index contributed by atoms with van der Waals surface area (Å²) in [7, 11) is 0. The van der Waals surface area contributed by atoms with Crippen molar-refractivity contribution in [2.75, 3.05) is 5.32 Å². The molecule has 26 heavy (non-hydrogen) atoms. The van der Waals surface area contributed by atoms with E-state index in [0.29, 0.717) is 22.9 Å². The largest absolute Gasteiger partial charge is 0.416 e. The molecule has 0 aliphatic heterocycles. The van der Waals surface area contributed by atoms with Crippen LogP contribution in [0.25, 0.3) is 11.1 Å². The molecule has 9 heteroatoms. The van der Waals surface area contributed by atoms with Crippen LogP contribution in [-0.4, -0.2) is 19.9 Å². The lowest BCUT2D eigenvalue weighted by Crippen LogP contribution is -2.12. The molecule has 0 aliphatic carbocycles. The highest BCUT2D eigenvalue weighted by Crippen LogP contribution is 2.34. The molecule has 0 spiro atoms. The van der Waals surface area contributed by atoms with Gasteiger partial charge in [0.05, 0.1) is 11.6 Å². The predicted molar refractivity (Wildman–Crippen MR) is 91.5 cm³/mol. The highest BCUT2D eigenvalue weighted by Gasteiger charge is 2.31. The lowest BCUT2D eigenvalue weighted by molar-refractivity contribution is -0.137. The molecule has 0 saturated heterocycles. The van der Waals surface area contributed by atoms with Crippen LogP contribution in [0.15, 0.2) is 49.1 Å². The van der Waals surface area contributed by atoms with E-state index in [9.17, 15) is 13.2 Å². The Balaban J connectivity index is 1.83. The van der Waals surface area contributed by atoms with Crippen LogP contribution >= 0.6 is 11.6 Å². The molecule has 0 amide bonds. The van der Waals surface area contributed by atoms with Crippen molar-refractivity contribution >= 4 is 17.5 Å². The topological polar surface area (TPSA) is 63.6 Å². The monoisotopic (exact) mass is 379 g/mol. The second-order valence-corrected chi connectivity index (χ2v) is 5.93. The van der Waals surface area contributed by atoms with Crippen LogP contribution < -0.4 is 5.32 Å². The Hall–Kier alpha value is -2.74. The molecule has 0 unspecified atom stereocenters. The maximum Gasteiger partial charge on any atom is 0.416 e. The van der Waals surface area contributed by atoms with Crippen LogP contribution in [0.1, 0.15) is 24.4 Å². The molecule has 0 saturated carbocycles. The molecule has 5 nitrogen and oxygen atoms in total. The highest BCUT2D eigenvalue weighted by molar-refractivity contribution is 6.31. The molecule has 0 aliphatic rings. The van der Waals surface area contributed by atoms with Crippen LogP contribution in [0, 0.1) is 0 Å². The predicted octanol–water partition coefficient (Wildman–Crippen LogP) is 4.78. The van der Waals surface area contributed by atoms with Crippen LogP contribution in [0.5, 0.6) is 0 Å². The van der Waals surface area contributed by atoms with Gasteiger partial charge in [0.15, 0.2) is 0 Å². The van der Waals surface area contributed by atoms with Gasteiger partial charge in [0, 0.05) is 35.4 Å². The van der Waals surface area contributed by atoms with Crippen molar-refractivity contribution in [1.29, 1.82) is 0 Å². The Labute approximate surface area is 152 Å². The van der Waals surface area contributed by atoms with Crippen molar-refractivity contribution in [2.24, 2.45) is 0 Å². The van der Waals surface area contributed by atoms with Gasteiger partial charge in [-0.3, -0.25) is 0 Å². The molecule has 3 aromatic rings. The summed E-state index contributed by atoms with van der Waals surface area (Å²) >= 11 is 5.81. The summed E-state index contributed by atoms with van der Waals surface area (Å²) < 4.78 is 38.8. The average molecular weight is 380 g/mol. The standard InChI is InChI=1S/C17H13ClF3N5/c1-10(26-16-22-3-2-4-23-16)15-24-8-12(9-25-15)11-5-13(17(19,20)21)7-14(18)6-11/h2-10H,1H3,(H,22,23,26)/t10-/m0/s1. The fraction of sp³-hybridized carbons (Fsp3) is 0.176. The number of nitrogens with zero attached hydrogens (tertiary/aromatic N) is 4. The first-order valence-corrected chi connectivity index (χ1v) is 7.94. The number of anilines is 1. The molecule has 1 aromatic carbocycles. The minimum Gasteiger partial charge on any atom is -0.344 e. The van der Waals surface area contributed by atoms with E-state index in [0.717, 1.165) is 12.1 Å². The SMILES string of the molecule is C[C@H](Nc1ncccn1)c1ncc(-c2cc(Cl)cc(C(F)(F)F)c2)cn1. The second-order valence-electron chi connectivity index (χ2n) is 5.49. The third kappa shape index (κ3) is 4.26. The third-order valence-electron chi connectivity index (χ3n) is 3.53. The van der Waals surface area contributed by atoms with Gasteiger partial charge in [-0.15, -0.1) is 0 Å². The highest BCUT2D eigenvalue weighted by atomic mass is 35.5. The molecule has 1 N–H and O–H groups in total. The molecular weight excluding hydrogens is 367 g/mol. The fourth-order valence-electron chi connectivity index (χ4n) is 2.26. The van der Waals surface area contributed by atoms with E-state index < -0.39 is 11.7 Å². The van der Waals surface area contributed by atoms with Crippen molar-refractivity contribution < 1.29 is 13.2 Å². The molecular formula is C17H13ClF3N5. The quantitative estimate of drug-likeness (QED) is 0.706. The van der Waals surface area contributed by atoms with E-state index in [2.05, 4.69) is 25.3 Å². The van der Waals surface area contributed by atoms with Crippen LogP contribution in [0.2, 0.25) is 5.02 Å². The Bertz CT molecular complexity index is 885. The number of hydrogen-bond donors (Lipinski definition) is 1. The minimum absolute atomic E-state index is 0.00448. The van der Waals surface area contributed by atoms with E-state index in [4.69, 9.17) is 11.6 Å². The van der Waals surface area contributed by atoms with Gasteiger partial charge in [-0.25, -0.2) is 19.9 Å². The number of rotatable bonds is 4. The Kier molecular flexibility index (Phi) is 5.03. The van der Waals surface area contributed by atoms with Gasteiger partial charge in [-0.05, 0) is 36.8 Å². The molecule has 134 valence electrons. The van der Waals surface area contributed by atoms with Crippen LogP contribution in [-0.2, 0) is 6.18 Å². The number of hydrogen-bond acceptors (Lipinski definition) is 5. The van der Waals surface area contributed by atoms with Gasteiger partial charge < -0.3 is 5.32 Å². The Morgan fingerprint density at radius 3 is 2.23 bits per heavy atom. The van der Waals surface area contributed by atoms with E-state index in [1.165, 1.54) is 18.5 Å². The lowest BCUT2D eigenvalue weighted by atomic mass is 10.1. The van der Waals surface area contributed by atoms with Gasteiger partial charge in [-0.1, -0.05) is 11.6 Å². The van der Waals surface area contributed by atoms with Crippen molar-refractivity contribution in [3.05, 3.63) is 65.5 Å². The minimum atomic E-state index is -4.48. The summed E-state index contributed by atoms with van der Waals surface area (Å²) in [4.78, 5) is 16.5. The van der Waals surface area contributed by atoms with E-state index >= 15 is 0 Å². The van der Waals surface area contributed by atoms with Gasteiger partial charge in [-0.2, -0.15) is 13.2 Å². The molecule has 3 rings (SSSR count). The summed E-state index contributed by atoms with van der Waals surface area (Å²) in [5, 5.41) is 3.03. The summed E-state index contributed by atoms with van der Waals surface area (Å²) in [5.74, 6) is 0.886. The molecule has 1 atom stereocenters. The first kappa shape index (κ1) is 18.1.